The number of allylic oxidation sites excluding steroid dienone is 4. The highest BCUT2D eigenvalue weighted by atomic mass is 35.5. The molecule has 1 unspecified atom stereocenters. The van der Waals surface area contributed by atoms with Gasteiger partial charge in [-0.3, -0.25) is 0 Å². The zero-order valence-corrected chi connectivity index (χ0v) is 10.3. The molecule has 0 spiro atoms. The van der Waals surface area contributed by atoms with Gasteiger partial charge in [0.05, 0.1) is 0 Å². The summed E-state index contributed by atoms with van der Waals surface area (Å²) in [5, 5.41) is 10.6. The summed E-state index contributed by atoms with van der Waals surface area (Å²) in [4.78, 5) is 0. The highest BCUT2D eigenvalue weighted by Crippen LogP contribution is 2.40. The van der Waals surface area contributed by atoms with E-state index in [4.69, 9.17) is 11.6 Å². The quantitative estimate of drug-likeness (QED) is 0.772. The van der Waals surface area contributed by atoms with Gasteiger partial charge in [0, 0.05) is 16.0 Å². The van der Waals surface area contributed by atoms with Crippen LogP contribution in [0.1, 0.15) is 25.8 Å². The van der Waals surface area contributed by atoms with Gasteiger partial charge < -0.3 is 5.11 Å². The smallest absolute Gasteiger partial charge is 0.119 e. The van der Waals surface area contributed by atoms with Crippen LogP contribution >= 0.6 is 11.6 Å². The molecule has 0 saturated heterocycles. The maximum Gasteiger partial charge on any atom is 0.119 e. The van der Waals surface area contributed by atoms with Crippen molar-refractivity contribution in [3.63, 3.8) is 0 Å². The molecule has 0 heterocycles. The summed E-state index contributed by atoms with van der Waals surface area (Å²) < 4.78 is 0. The standard InChI is InChI=1S/C14H15ClO/c1-10-4-3-7-14(2,9-10)12-8-11(15)5-6-13(12)16/h3-8,16H,9H2,1-2H3. The third-order valence-electron chi connectivity index (χ3n) is 3.06. The van der Waals surface area contributed by atoms with Crippen LogP contribution < -0.4 is 0 Å². The molecular formula is C14H15ClO. The van der Waals surface area contributed by atoms with Gasteiger partial charge in [-0.2, -0.15) is 0 Å². The van der Waals surface area contributed by atoms with Crippen LogP contribution in [0.4, 0.5) is 0 Å². The van der Waals surface area contributed by atoms with Crippen LogP contribution in [0, 0.1) is 0 Å². The fourth-order valence-corrected chi connectivity index (χ4v) is 2.44. The zero-order valence-electron chi connectivity index (χ0n) is 9.50. The largest absolute Gasteiger partial charge is 0.508 e. The monoisotopic (exact) mass is 234 g/mol. The third kappa shape index (κ3) is 2.00. The summed E-state index contributed by atoms with van der Waals surface area (Å²) in [6.07, 6.45) is 7.17. The molecule has 0 aromatic heterocycles. The van der Waals surface area contributed by atoms with Gasteiger partial charge in [0.15, 0.2) is 0 Å². The Labute approximate surface area is 101 Å². The Kier molecular flexibility index (Phi) is 2.81. The average molecular weight is 235 g/mol. The lowest BCUT2D eigenvalue weighted by Gasteiger charge is -2.30. The summed E-state index contributed by atoms with van der Waals surface area (Å²) in [6.45, 7) is 4.22. The fourth-order valence-electron chi connectivity index (χ4n) is 2.27. The molecule has 0 amide bonds. The van der Waals surface area contributed by atoms with Crippen molar-refractivity contribution in [2.24, 2.45) is 0 Å². The lowest BCUT2D eigenvalue weighted by atomic mass is 9.74. The van der Waals surface area contributed by atoms with Crippen molar-refractivity contribution in [3.8, 4) is 5.75 Å². The molecule has 1 aliphatic carbocycles. The van der Waals surface area contributed by atoms with E-state index in [1.807, 2.05) is 12.1 Å². The van der Waals surface area contributed by atoms with Crippen LogP contribution in [-0.2, 0) is 5.41 Å². The van der Waals surface area contributed by atoms with Crippen LogP contribution in [0.15, 0.2) is 42.0 Å². The van der Waals surface area contributed by atoms with Crippen LogP contribution in [0.3, 0.4) is 0 Å². The first kappa shape index (κ1) is 11.3. The molecule has 0 radical (unpaired) electrons. The number of halogens is 1. The number of phenols is 1. The van der Waals surface area contributed by atoms with Crippen molar-refractivity contribution in [1.82, 2.24) is 0 Å². The summed E-state index contributed by atoms with van der Waals surface area (Å²) in [7, 11) is 0. The predicted octanol–water partition coefficient (Wildman–Crippen LogP) is 4.21. The van der Waals surface area contributed by atoms with Crippen LogP contribution in [0.25, 0.3) is 0 Å². The lowest BCUT2D eigenvalue weighted by Crippen LogP contribution is -2.21. The Morgan fingerprint density at radius 2 is 2.12 bits per heavy atom. The summed E-state index contributed by atoms with van der Waals surface area (Å²) in [5.74, 6) is 0.311. The van der Waals surface area contributed by atoms with E-state index in [9.17, 15) is 5.11 Å². The minimum Gasteiger partial charge on any atom is -0.508 e. The van der Waals surface area contributed by atoms with Gasteiger partial charge in [0.25, 0.3) is 0 Å². The van der Waals surface area contributed by atoms with E-state index >= 15 is 0 Å². The molecule has 1 aliphatic rings. The second-order valence-electron chi connectivity index (χ2n) is 4.63. The number of hydrogen-bond acceptors (Lipinski definition) is 1. The Bertz CT molecular complexity index is 474. The Morgan fingerprint density at radius 3 is 2.81 bits per heavy atom. The SMILES string of the molecule is CC1=CC=CC(C)(c2cc(Cl)ccc2O)C1. The van der Waals surface area contributed by atoms with E-state index in [-0.39, 0.29) is 5.41 Å². The maximum atomic E-state index is 9.93. The first-order valence-electron chi connectivity index (χ1n) is 5.35. The molecule has 1 aromatic carbocycles. The highest BCUT2D eigenvalue weighted by Gasteiger charge is 2.28. The fraction of sp³-hybridized carbons (Fsp3) is 0.286. The zero-order chi connectivity index (χ0) is 11.8. The second-order valence-corrected chi connectivity index (χ2v) is 5.06. The van der Waals surface area contributed by atoms with Crippen molar-refractivity contribution in [2.45, 2.75) is 25.7 Å². The molecule has 1 atom stereocenters. The van der Waals surface area contributed by atoms with Gasteiger partial charge in [0.1, 0.15) is 5.75 Å². The van der Waals surface area contributed by atoms with E-state index in [1.165, 1.54) is 5.57 Å². The minimum absolute atomic E-state index is 0.159. The first-order chi connectivity index (χ1) is 7.51. The molecule has 0 bridgehead atoms. The van der Waals surface area contributed by atoms with Crippen molar-refractivity contribution < 1.29 is 5.11 Å². The number of rotatable bonds is 1. The molecule has 16 heavy (non-hydrogen) atoms. The van der Waals surface area contributed by atoms with Crippen LogP contribution in [0.5, 0.6) is 5.75 Å². The average Bonchev–Trinajstić information content (AvgIpc) is 2.21. The van der Waals surface area contributed by atoms with E-state index in [0.717, 1.165) is 12.0 Å². The van der Waals surface area contributed by atoms with Gasteiger partial charge in [-0.15, -0.1) is 0 Å². The van der Waals surface area contributed by atoms with Crippen molar-refractivity contribution in [2.75, 3.05) is 0 Å². The van der Waals surface area contributed by atoms with Gasteiger partial charge in [-0.05, 0) is 31.5 Å². The molecule has 2 rings (SSSR count). The molecule has 1 aromatic rings. The third-order valence-corrected chi connectivity index (χ3v) is 3.30. The number of hydrogen-bond donors (Lipinski definition) is 1. The van der Waals surface area contributed by atoms with E-state index in [0.29, 0.717) is 10.8 Å². The molecule has 84 valence electrons. The van der Waals surface area contributed by atoms with E-state index < -0.39 is 0 Å². The van der Waals surface area contributed by atoms with Gasteiger partial charge in [-0.25, -0.2) is 0 Å². The van der Waals surface area contributed by atoms with Crippen molar-refractivity contribution in [3.05, 3.63) is 52.6 Å². The van der Waals surface area contributed by atoms with Crippen molar-refractivity contribution in [1.29, 1.82) is 0 Å². The van der Waals surface area contributed by atoms with E-state index in [2.05, 4.69) is 26.0 Å². The summed E-state index contributed by atoms with van der Waals surface area (Å²) >= 11 is 5.98. The molecule has 1 N–H and O–H groups in total. The topological polar surface area (TPSA) is 20.2 Å². The number of phenolic OH excluding ortho intramolecular Hbond substituents is 1. The molecule has 1 nitrogen and oxygen atoms in total. The Hall–Kier alpha value is -1.21. The first-order valence-corrected chi connectivity index (χ1v) is 5.73. The molecular weight excluding hydrogens is 220 g/mol. The van der Waals surface area contributed by atoms with Crippen LogP contribution in [0.2, 0.25) is 5.02 Å². The van der Waals surface area contributed by atoms with E-state index in [1.54, 1.807) is 12.1 Å². The Balaban J connectivity index is 2.48. The predicted molar refractivity (Wildman–Crippen MR) is 68.0 cm³/mol. The van der Waals surface area contributed by atoms with Gasteiger partial charge in [-0.1, -0.05) is 42.3 Å². The van der Waals surface area contributed by atoms with Crippen LogP contribution in [-0.4, -0.2) is 5.11 Å². The normalized spacial score (nSPS) is 24.3. The number of benzene rings is 1. The minimum atomic E-state index is -0.159. The van der Waals surface area contributed by atoms with Gasteiger partial charge >= 0.3 is 0 Å². The summed E-state index contributed by atoms with van der Waals surface area (Å²) in [6, 6.07) is 5.21. The molecule has 0 fully saturated rings. The Morgan fingerprint density at radius 1 is 1.38 bits per heavy atom. The van der Waals surface area contributed by atoms with Gasteiger partial charge in [0.2, 0.25) is 0 Å². The molecule has 0 aliphatic heterocycles. The highest BCUT2D eigenvalue weighted by molar-refractivity contribution is 6.30. The number of aromatic hydroxyl groups is 1. The molecule has 2 heteroatoms. The maximum absolute atomic E-state index is 9.93. The lowest BCUT2D eigenvalue weighted by molar-refractivity contribution is 0.447. The second kappa shape index (κ2) is 3.99. The van der Waals surface area contributed by atoms with Crippen molar-refractivity contribution >= 4 is 11.6 Å². The summed E-state index contributed by atoms with van der Waals surface area (Å²) in [5.41, 5.74) is 2.04. The molecule has 0 saturated carbocycles.